The van der Waals surface area contributed by atoms with Crippen LogP contribution in [-0.2, 0) is 19.6 Å². The molecule has 16 heteroatoms. The van der Waals surface area contributed by atoms with Crippen LogP contribution in [0.1, 0.15) is 37.4 Å². The number of rotatable bonds is 15. The van der Waals surface area contributed by atoms with Crippen molar-refractivity contribution in [3.8, 4) is 11.5 Å². The molecule has 0 unspecified atom stereocenters. The number of sulfonamides is 1. The SMILES string of the molecule is COc1ccc([C@H](CC(=O)O)NC(=O)N(CC(=O)C(C)(C)Nc2ccc(NC(=O)Nc3ccccc3C)cc2)NS(C)(=O)=O)cc1OC. The van der Waals surface area contributed by atoms with Crippen molar-refractivity contribution in [3.63, 3.8) is 0 Å². The Hall–Kier alpha value is -5.35. The minimum absolute atomic E-state index is 0.281. The molecule has 0 fully saturated rings. The maximum atomic E-state index is 13.5. The topological polar surface area (TPSA) is 204 Å². The standard InChI is InChI=1S/C32H40N6O9S/c1-20-9-7-8-10-24(20)34-30(42)33-22-12-14-23(15-13-22)36-32(2,3)28(39)19-38(37-48(6,44)45)31(43)35-25(18-29(40)41)21-11-16-26(46-4)27(17-21)47-5/h7-17,25,36-37H,18-19H2,1-6H3,(H,35,43)(H,40,41)(H2,33,34,42)/t25-/m0/s1. The Bertz CT molecular complexity index is 1750. The predicted molar refractivity (Wildman–Crippen MR) is 181 cm³/mol. The van der Waals surface area contributed by atoms with Gasteiger partial charge in [-0.1, -0.05) is 24.3 Å². The van der Waals surface area contributed by atoms with Crippen LogP contribution in [-0.4, -0.2) is 74.9 Å². The van der Waals surface area contributed by atoms with Crippen molar-refractivity contribution in [3.05, 3.63) is 77.9 Å². The number of aliphatic carboxylic acids is 1. The van der Waals surface area contributed by atoms with Gasteiger partial charge < -0.3 is 35.8 Å². The molecule has 0 aromatic heterocycles. The summed E-state index contributed by atoms with van der Waals surface area (Å²) < 4.78 is 34.8. The van der Waals surface area contributed by atoms with Crippen molar-refractivity contribution in [2.75, 3.05) is 43.0 Å². The van der Waals surface area contributed by atoms with Crippen molar-refractivity contribution < 1.29 is 42.2 Å². The second kappa shape index (κ2) is 16.0. The summed E-state index contributed by atoms with van der Waals surface area (Å²) in [7, 11) is -1.23. The molecule has 3 aromatic rings. The quantitative estimate of drug-likeness (QED) is 0.126. The second-order valence-electron chi connectivity index (χ2n) is 11.3. The fourth-order valence-electron chi connectivity index (χ4n) is 4.48. The van der Waals surface area contributed by atoms with Crippen LogP contribution in [0.2, 0.25) is 0 Å². The Labute approximate surface area is 279 Å². The molecule has 3 rings (SSSR count). The van der Waals surface area contributed by atoms with Gasteiger partial charge in [0.25, 0.3) is 0 Å². The zero-order valence-corrected chi connectivity index (χ0v) is 28.2. The number of carboxylic acids is 1. The van der Waals surface area contributed by atoms with Crippen LogP contribution < -0.4 is 35.6 Å². The lowest BCUT2D eigenvalue weighted by Crippen LogP contribution is -2.56. The van der Waals surface area contributed by atoms with Gasteiger partial charge in [-0.05, 0) is 74.4 Å². The number of ether oxygens (including phenoxy) is 2. The number of amides is 4. The summed E-state index contributed by atoms with van der Waals surface area (Å²) in [4.78, 5) is 53.0. The Morgan fingerprint density at radius 1 is 0.896 bits per heavy atom. The van der Waals surface area contributed by atoms with Gasteiger partial charge in [-0.2, -0.15) is 0 Å². The second-order valence-corrected chi connectivity index (χ2v) is 13.0. The van der Waals surface area contributed by atoms with Gasteiger partial charge >= 0.3 is 18.0 Å². The first-order valence-electron chi connectivity index (χ1n) is 14.6. The van der Waals surface area contributed by atoms with Crippen molar-refractivity contribution in [1.29, 1.82) is 0 Å². The summed E-state index contributed by atoms with van der Waals surface area (Å²) in [5, 5.41) is 21.1. The Morgan fingerprint density at radius 3 is 2.10 bits per heavy atom. The molecule has 0 heterocycles. The van der Waals surface area contributed by atoms with E-state index >= 15 is 0 Å². The lowest BCUT2D eigenvalue weighted by atomic mass is 9.98. The number of hydrazine groups is 1. The van der Waals surface area contributed by atoms with E-state index in [-0.39, 0.29) is 5.75 Å². The number of aryl methyl sites for hydroxylation is 1. The third-order valence-electron chi connectivity index (χ3n) is 7.00. The minimum atomic E-state index is -4.05. The highest BCUT2D eigenvalue weighted by Crippen LogP contribution is 2.31. The van der Waals surface area contributed by atoms with Gasteiger partial charge in [0, 0.05) is 17.1 Å². The molecule has 0 spiro atoms. The van der Waals surface area contributed by atoms with Crippen LogP contribution in [0.3, 0.4) is 0 Å². The van der Waals surface area contributed by atoms with Crippen LogP contribution in [0.25, 0.3) is 0 Å². The zero-order chi connectivity index (χ0) is 35.6. The molecule has 258 valence electrons. The summed E-state index contributed by atoms with van der Waals surface area (Å²) in [6.07, 6.45) is 0.244. The van der Waals surface area contributed by atoms with E-state index in [9.17, 15) is 32.7 Å². The maximum absolute atomic E-state index is 13.5. The average Bonchev–Trinajstić information content (AvgIpc) is 3.01. The number of carboxylic acid groups (broad SMARTS) is 1. The predicted octanol–water partition coefficient (Wildman–Crippen LogP) is 4.11. The average molecular weight is 685 g/mol. The maximum Gasteiger partial charge on any atom is 0.333 e. The fourth-order valence-corrected chi connectivity index (χ4v) is 5.02. The van der Waals surface area contributed by atoms with Crippen LogP contribution >= 0.6 is 0 Å². The van der Waals surface area contributed by atoms with E-state index in [4.69, 9.17) is 9.47 Å². The normalized spacial score (nSPS) is 11.9. The molecule has 0 saturated heterocycles. The number of anilines is 3. The lowest BCUT2D eigenvalue weighted by molar-refractivity contribution is -0.137. The number of nitrogens with zero attached hydrogens (tertiary/aromatic N) is 1. The first kappa shape index (κ1) is 37.1. The zero-order valence-electron chi connectivity index (χ0n) is 27.4. The minimum Gasteiger partial charge on any atom is -0.493 e. The number of hydrogen-bond acceptors (Lipinski definition) is 9. The van der Waals surface area contributed by atoms with E-state index in [1.165, 1.54) is 32.4 Å². The highest BCUT2D eigenvalue weighted by Gasteiger charge is 2.33. The van der Waals surface area contributed by atoms with E-state index in [0.717, 1.165) is 11.8 Å². The van der Waals surface area contributed by atoms with Crippen molar-refractivity contribution in [2.24, 2.45) is 0 Å². The molecule has 0 aliphatic rings. The van der Waals surface area contributed by atoms with Crippen LogP contribution in [0, 0.1) is 6.92 Å². The monoisotopic (exact) mass is 684 g/mol. The fraction of sp³-hybridized carbons (Fsp3) is 0.312. The summed E-state index contributed by atoms with van der Waals surface area (Å²) >= 11 is 0. The molecule has 0 saturated carbocycles. The first-order valence-corrected chi connectivity index (χ1v) is 16.4. The molecule has 3 aromatic carbocycles. The third kappa shape index (κ3) is 10.9. The molecule has 1 atom stereocenters. The van der Waals surface area contributed by atoms with E-state index < -0.39 is 58.4 Å². The number of Topliss-reactive ketones (excluding diaryl/α,β-unsaturated/α-hetero) is 1. The number of urea groups is 2. The molecule has 4 amide bonds. The number of nitrogens with one attached hydrogen (secondary N) is 5. The smallest absolute Gasteiger partial charge is 0.333 e. The Balaban J connectivity index is 1.72. The number of carbonyl (C=O) groups excluding carboxylic acids is 3. The number of benzene rings is 3. The van der Waals surface area contributed by atoms with Gasteiger partial charge in [-0.3, -0.25) is 9.59 Å². The van der Waals surface area contributed by atoms with Gasteiger partial charge in [0.05, 0.1) is 38.5 Å². The number of ketones is 1. The summed E-state index contributed by atoms with van der Waals surface area (Å²) in [5.74, 6) is -1.18. The molecule has 15 nitrogen and oxygen atoms in total. The lowest BCUT2D eigenvalue weighted by Gasteiger charge is -2.30. The summed E-state index contributed by atoms with van der Waals surface area (Å²) in [6.45, 7) is 4.25. The molecular weight excluding hydrogens is 644 g/mol. The summed E-state index contributed by atoms with van der Waals surface area (Å²) in [5.41, 5.74) is 1.57. The largest absolute Gasteiger partial charge is 0.493 e. The van der Waals surface area contributed by atoms with Gasteiger partial charge in [0.2, 0.25) is 10.0 Å². The Morgan fingerprint density at radius 2 is 1.52 bits per heavy atom. The molecule has 0 aliphatic heterocycles. The third-order valence-corrected chi connectivity index (χ3v) is 7.55. The molecule has 48 heavy (non-hydrogen) atoms. The van der Waals surface area contributed by atoms with Gasteiger partial charge in [-0.15, -0.1) is 4.83 Å². The molecule has 6 N–H and O–H groups in total. The van der Waals surface area contributed by atoms with E-state index in [1.807, 2.05) is 30.0 Å². The number of para-hydroxylation sites is 1. The summed E-state index contributed by atoms with van der Waals surface area (Å²) in [6, 6.07) is 15.8. The van der Waals surface area contributed by atoms with Gasteiger partial charge in [0.15, 0.2) is 17.3 Å². The first-order chi connectivity index (χ1) is 22.5. The van der Waals surface area contributed by atoms with E-state index in [1.54, 1.807) is 44.2 Å². The molecule has 0 aliphatic carbocycles. The molecule has 0 bridgehead atoms. The van der Waals surface area contributed by atoms with Gasteiger partial charge in [0.1, 0.15) is 6.54 Å². The Kier molecular flexibility index (Phi) is 12.3. The van der Waals surface area contributed by atoms with Crippen LogP contribution in [0.4, 0.5) is 26.7 Å². The number of methoxy groups -OCH3 is 2. The van der Waals surface area contributed by atoms with Crippen molar-refractivity contribution in [1.82, 2.24) is 15.2 Å². The highest BCUT2D eigenvalue weighted by molar-refractivity contribution is 7.88. The van der Waals surface area contributed by atoms with Crippen LogP contribution in [0.5, 0.6) is 11.5 Å². The van der Waals surface area contributed by atoms with E-state index in [2.05, 4.69) is 21.3 Å². The molecule has 0 radical (unpaired) electrons. The van der Waals surface area contributed by atoms with Gasteiger partial charge in [-0.25, -0.2) is 23.0 Å². The molecular formula is C32H40N6O9S. The number of hydrogen-bond donors (Lipinski definition) is 6. The van der Waals surface area contributed by atoms with E-state index in [0.29, 0.717) is 33.4 Å². The highest BCUT2D eigenvalue weighted by atomic mass is 32.2. The van der Waals surface area contributed by atoms with Crippen LogP contribution in [0.15, 0.2) is 66.7 Å². The number of carbonyl (C=O) groups is 4. The van der Waals surface area contributed by atoms with Crippen molar-refractivity contribution in [2.45, 2.75) is 38.8 Å². The van der Waals surface area contributed by atoms with Crippen molar-refractivity contribution >= 4 is 50.9 Å².